The van der Waals surface area contributed by atoms with Crippen molar-refractivity contribution in [3.8, 4) is 0 Å². The van der Waals surface area contributed by atoms with Crippen LogP contribution in [0.4, 0.5) is 0 Å². The Morgan fingerprint density at radius 2 is 1.93 bits per heavy atom. The molecule has 1 aliphatic rings. The van der Waals surface area contributed by atoms with E-state index >= 15 is 0 Å². The second-order valence-electron chi connectivity index (χ2n) is 5.03. The Hall–Kier alpha value is -0.0800. The van der Waals surface area contributed by atoms with Crippen molar-refractivity contribution in [2.45, 2.75) is 59.1 Å². The van der Waals surface area contributed by atoms with E-state index in [1.165, 1.54) is 19.3 Å². The summed E-state index contributed by atoms with van der Waals surface area (Å²) in [5, 5.41) is 3.68. The molecule has 1 N–H and O–H groups in total. The molecule has 1 rings (SSSR count). The van der Waals surface area contributed by atoms with Crippen LogP contribution >= 0.6 is 0 Å². The van der Waals surface area contributed by atoms with E-state index in [9.17, 15) is 0 Å². The summed E-state index contributed by atoms with van der Waals surface area (Å²) in [4.78, 5) is 0. The molecule has 1 saturated carbocycles. The van der Waals surface area contributed by atoms with E-state index in [1.54, 1.807) is 0 Å². The maximum absolute atomic E-state index is 5.61. The molecule has 1 unspecified atom stereocenters. The van der Waals surface area contributed by atoms with Gasteiger partial charge in [0.2, 0.25) is 0 Å². The first-order valence-electron chi connectivity index (χ1n) is 6.54. The Balaban J connectivity index is 2.26. The van der Waals surface area contributed by atoms with Crippen molar-refractivity contribution >= 4 is 0 Å². The Morgan fingerprint density at radius 3 is 2.40 bits per heavy atom. The summed E-state index contributed by atoms with van der Waals surface area (Å²) >= 11 is 0. The maximum Gasteiger partial charge on any atom is 0.0581 e. The van der Waals surface area contributed by atoms with Gasteiger partial charge >= 0.3 is 0 Å². The summed E-state index contributed by atoms with van der Waals surface area (Å²) in [5.41, 5.74) is 0. The largest absolute Gasteiger partial charge is 0.378 e. The summed E-state index contributed by atoms with van der Waals surface area (Å²) in [5.74, 6) is 1.58. The highest BCUT2D eigenvalue weighted by Gasteiger charge is 2.36. The lowest BCUT2D eigenvalue weighted by atomic mass is 9.73. The molecule has 2 heteroatoms. The fraction of sp³-hybridized carbons (Fsp3) is 1.00. The molecule has 1 fully saturated rings. The Morgan fingerprint density at radius 1 is 1.27 bits per heavy atom. The Labute approximate surface area is 94.8 Å². The van der Waals surface area contributed by atoms with Gasteiger partial charge < -0.3 is 10.1 Å². The molecule has 1 atom stereocenters. The quantitative estimate of drug-likeness (QED) is 0.702. The lowest BCUT2D eigenvalue weighted by Gasteiger charge is -2.42. The lowest BCUT2D eigenvalue weighted by molar-refractivity contribution is -0.0400. The molecule has 0 amide bonds. The molecular formula is C13H27NO. The van der Waals surface area contributed by atoms with Gasteiger partial charge in [-0.2, -0.15) is 0 Å². The lowest BCUT2D eigenvalue weighted by Crippen LogP contribution is -2.48. The molecule has 0 saturated heterocycles. The molecule has 0 radical (unpaired) electrons. The number of hydrogen-bond donors (Lipinski definition) is 1. The van der Waals surface area contributed by atoms with Crippen molar-refractivity contribution in [3.05, 3.63) is 0 Å². The highest BCUT2D eigenvalue weighted by molar-refractivity contribution is 4.90. The van der Waals surface area contributed by atoms with Crippen LogP contribution < -0.4 is 5.32 Å². The predicted octanol–water partition coefficient (Wildman–Crippen LogP) is 2.83. The summed E-state index contributed by atoms with van der Waals surface area (Å²) < 4.78 is 5.61. The zero-order valence-corrected chi connectivity index (χ0v) is 10.8. The molecule has 2 nitrogen and oxygen atoms in total. The molecule has 0 aromatic heterocycles. The van der Waals surface area contributed by atoms with Gasteiger partial charge in [0.1, 0.15) is 0 Å². The summed E-state index contributed by atoms with van der Waals surface area (Å²) in [6.45, 7) is 11.0. The van der Waals surface area contributed by atoms with E-state index in [0.29, 0.717) is 12.1 Å². The van der Waals surface area contributed by atoms with E-state index < -0.39 is 0 Å². The van der Waals surface area contributed by atoms with Crippen molar-refractivity contribution in [1.29, 1.82) is 0 Å². The second kappa shape index (κ2) is 6.49. The van der Waals surface area contributed by atoms with Crippen LogP contribution in [0, 0.1) is 11.8 Å². The maximum atomic E-state index is 5.61. The van der Waals surface area contributed by atoms with Gasteiger partial charge in [-0.1, -0.05) is 20.8 Å². The monoisotopic (exact) mass is 213 g/mol. The third-order valence-electron chi connectivity index (χ3n) is 3.39. The number of hydrogen-bond acceptors (Lipinski definition) is 2. The van der Waals surface area contributed by atoms with Gasteiger partial charge in [-0.05, 0) is 44.6 Å². The van der Waals surface area contributed by atoms with Gasteiger partial charge in [0.25, 0.3) is 0 Å². The number of nitrogens with one attached hydrogen (secondary N) is 1. The van der Waals surface area contributed by atoms with Crippen LogP contribution in [0.2, 0.25) is 0 Å². The van der Waals surface area contributed by atoms with E-state index in [4.69, 9.17) is 4.74 Å². The van der Waals surface area contributed by atoms with E-state index in [-0.39, 0.29) is 0 Å². The Bertz CT molecular complexity index is 164. The first-order valence-corrected chi connectivity index (χ1v) is 6.54. The molecule has 15 heavy (non-hydrogen) atoms. The number of rotatable bonds is 7. The first kappa shape index (κ1) is 13.0. The van der Waals surface area contributed by atoms with Gasteiger partial charge in [-0.25, -0.2) is 0 Å². The minimum absolute atomic E-state index is 0.546. The van der Waals surface area contributed by atoms with Crippen LogP contribution in [0.5, 0.6) is 0 Å². The van der Waals surface area contributed by atoms with Gasteiger partial charge in [0.05, 0.1) is 6.10 Å². The summed E-state index contributed by atoms with van der Waals surface area (Å²) in [6.07, 6.45) is 4.29. The number of ether oxygens (including phenoxy) is 1. The molecule has 0 spiro atoms. The molecule has 1 aliphatic carbocycles. The highest BCUT2D eigenvalue weighted by Crippen LogP contribution is 2.35. The van der Waals surface area contributed by atoms with Crippen molar-refractivity contribution in [3.63, 3.8) is 0 Å². The first-order chi connectivity index (χ1) is 7.19. The topological polar surface area (TPSA) is 21.3 Å². The third-order valence-corrected chi connectivity index (χ3v) is 3.39. The van der Waals surface area contributed by atoms with Crippen molar-refractivity contribution < 1.29 is 4.74 Å². The smallest absolute Gasteiger partial charge is 0.0581 e. The van der Waals surface area contributed by atoms with Crippen LogP contribution in [0.15, 0.2) is 0 Å². The van der Waals surface area contributed by atoms with Gasteiger partial charge in [0.15, 0.2) is 0 Å². The zero-order valence-electron chi connectivity index (χ0n) is 10.8. The molecule has 90 valence electrons. The molecular weight excluding hydrogens is 186 g/mol. The molecule has 0 heterocycles. The van der Waals surface area contributed by atoms with Crippen molar-refractivity contribution in [2.24, 2.45) is 11.8 Å². The van der Waals surface area contributed by atoms with Gasteiger partial charge in [-0.15, -0.1) is 0 Å². The second-order valence-corrected chi connectivity index (χ2v) is 5.03. The summed E-state index contributed by atoms with van der Waals surface area (Å²) in [7, 11) is 0. The minimum Gasteiger partial charge on any atom is -0.378 e. The van der Waals surface area contributed by atoms with Crippen LogP contribution in [0.3, 0.4) is 0 Å². The van der Waals surface area contributed by atoms with E-state index in [1.807, 2.05) is 0 Å². The molecule has 0 bridgehead atoms. The fourth-order valence-corrected chi connectivity index (χ4v) is 2.53. The zero-order chi connectivity index (χ0) is 11.3. The van der Waals surface area contributed by atoms with Crippen molar-refractivity contribution in [1.82, 2.24) is 5.32 Å². The average Bonchev–Trinajstić information content (AvgIpc) is 2.13. The van der Waals surface area contributed by atoms with Gasteiger partial charge in [0, 0.05) is 12.6 Å². The third kappa shape index (κ3) is 3.76. The Kier molecular flexibility index (Phi) is 5.62. The van der Waals surface area contributed by atoms with Crippen molar-refractivity contribution in [2.75, 3.05) is 13.2 Å². The fourth-order valence-electron chi connectivity index (χ4n) is 2.53. The normalized spacial score (nSPS) is 27.8. The van der Waals surface area contributed by atoms with Gasteiger partial charge in [-0.3, -0.25) is 0 Å². The van der Waals surface area contributed by atoms with Crippen LogP contribution in [0.25, 0.3) is 0 Å². The molecule has 0 aromatic rings. The highest BCUT2D eigenvalue weighted by atomic mass is 16.5. The van der Waals surface area contributed by atoms with E-state index in [0.717, 1.165) is 25.0 Å². The average molecular weight is 213 g/mol. The van der Waals surface area contributed by atoms with E-state index in [2.05, 4.69) is 33.0 Å². The standard InChI is InChI=1S/C13H27NO/c1-5-7-14-13(10(3)4)11-8-12(9-11)15-6-2/h10-14H,5-9H2,1-4H3. The van der Waals surface area contributed by atoms with Crippen LogP contribution in [-0.4, -0.2) is 25.3 Å². The predicted molar refractivity (Wildman–Crippen MR) is 65.1 cm³/mol. The summed E-state index contributed by atoms with van der Waals surface area (Å²) in [6, 6.07) is 0.696. The minimum atomic E-state index is 0.546. The van der Waals surface area contributed by atoms with Crippen LogP contribution in [-0.2, 0) is 4.74 Å². The molecule has 0 aliphatic heterocycles. The van der Waals surface area contributed by atoms with Crippen LogP contribution in [0.1, 0.15) is 47.0 Å². The molecule has 0 aromatic carbocycles. The SMILES string of the molecule is CCCNC(C(C)C)C1CC(OCC)C1.